The zero-order valence-electron chi connectivity index (χ0n) is 16.5. The van der Waals surface area contributed by atoms with Crippen LogP contribution >= 0.6 is 38.5 Å². The maximum absolute atomic E-state index is 3.61. The average molecular weight is 553 g/mol. The molecule has 4 aromatic carbocycles. The Hall–Kier alpha value is -1.91. The minimum Gasteiger partial charge on any atom is -0.0590 e. The molecular formula is C27H22BrI. The van der Waals surface area contributed by atoms with Crippen molar-refractivity contribution < 1.29 is 0 Å². The van der Waals surface area contributed by atoms with Crippen LogP contribution in [0.2, 0.25) is 0 Å². The fraction of sp³-hybridized carbons (Fsp3) is 0.111. The second-order valence-corrected chi connectivity index (χ2v) is 9.66. The van der Waals surface area contributed by atoms with Crippen LogP contribution in [-0.4, -0.2) is 0 Å². The first-order valence-corrected chi connectivity index (χ1v) is 11.5. The van der Waals surface area contributed by atoms with E-state index >= 15 is 0 Å². The first kappa shape index (κ1) is 20.4. The van der Waals surface area contributed by atoms with Crippen LogP contribution in [0.15, 0.2) is 102 Å². The Balaban J connectivity index is 2.11. The van der Waals surface area contributed by atoms with Gasteiger partial charge in [-0.1, -0.05) is 99.9 Å². The molecule has 0 saturated heterocycles. The summed E-state index contributed by atoms with van der Waals surface area (Å²) in [5.74, 6) is 0. The molecule has 0 aliphatic heterocycles. The van der Waals surface area contributed by atoms with E-state index in [1.54, 1.807) is 0 Å². The molecule has 0 bridgehead atoms. The van der Waals surface area contributed by atoms with Gasteiger partial charge in [-0.15, -0.1) is 0 Å². The van der Waals surface area contributed by atoms with Crippen LogP contribution in [0.4, 0.5) is 0 Å². The van der Waals surface area contributed by atoms with Gasteiger partial charge < -0.3 is 0 Å². The molecule has 0 heterocycles. The van der Waals surface area contributed by atoms with E-state index in [0.29, 0.717) is 0 Å². The van der Waals surface area contributed by atoms with Gasteiger partial charge in [0.1, 0.15) is 0 Å². The molecule has 0 fully saturated rings. The van der Waals surface area contributed by atoms with Crippen molar-refractivity contribution in [2.45, 2.75) is 19.3 Å². The molecule has 0 radical (unpaired) electrons. The van der Waals surface area contributed by atoms with Gasteiger partial charge in [-0.3, -0.25) is 0 Å². The summed E-state index contributed by atoms with van der Waals surface area (Å²) in [5.41, 5.74) is 7.23. The fourth-order valence-electron chi connectivity index (χ4n) is 4.01. The highest BCUT2D eigenvalue weighted by molar-refractivity contribution is 14.1. The van der Waals surface area contributed by atoms with E-state index in [-0.39, 0.29) is 5.41 Å². The normalized spacial score (nSPS) is 11.4. The lowest BCUT2D eigenvalue weighted by Gasteiger charge is -2.37. The summed E-state index contributed by atoms with van der Waals surface area (Å²) in [5, 5.41) is 0. The first-order chi connectivity index (χ1) is 14.0. The van der Waals surface area contributed by atoms with E-state index < -0.39 is 0 Å². The summed E-state index contributed by atoms with van der Waals surface area (Å²) in [6.45, 7) is 4.28. The molecule has 2 heteroatoms. The SMILES string of the molecule is Cc1ccc(C(c2ccc(C)cc2)(c2ccc(Br)cc2)c2ccc(I)cc2)cc1. The van der Waals surface area contributed by atoms with Crippen LogP contribution in [0.3, 0.4) is 0 Å². The lowest BCUT2D eigenvalue weighted by Crippen LogP contribution is -2.31. The van der Waals surface area contributed by atoms with Crippen molar-refractivity contribution >= 4 is 38.5 Å². The van der Waals surface area contributed by atoms with Gasteiger partial charge in [0.2, 0.25) is 0 Å². The first-order valence-electron chi connectivity index (χ1n) is 9.66. The van der Waals surface area contributed by atoms with Crippen molar-refractivity contribution in [3.05, 3.63) is 138 Å². The Labute approximate surface area is 195 Å². The molecule has 144 valence electrons. The summed E-state index contributed by atoms with van der Waals surface area (Å²) < 4.78 is 2.33. The van der Waals surface area contributed by atoms with Gasteiger partial charge in [-0.05, 0) is 83.0 Å². The van der Waals surface area contributed by atoms with E-state index in [9.17, 15) is 0 Å². The lowest BCUT2D eigenvalue weighted by molar-refractivity contribution is 0.744. The van der Waals surface area contributed by atoms with E-state index in [4.69, 9.17) is 0 Å². The Morgan fingerprint density at radius 2 is 0.828 bits per heavy atom. The molecular weight excluding hydrogens is 531 g/mol. The maximum Gasteiger partial charge on any atom is 0.0701 e. The number of hydrogen-bond acceptors (Lipinski definition) is 0. The molecule has 0 nitrogen and oxygen atoms in total. The van der Waals surface area contributed by atoms with Crippen LogP contribution in [0.25, 0.3) is 0 Å². The summed E-state index contributed by atoms with van der Waals surface area (Å²) >= 11 is 5.98. The highest BCUT2D eigenvalue weighted by Crippen LogP contribution is 2.45. The van der Waals surface area contributed by atoms with E-state index in [0.717, 1.165) is 4.47 Å². The summed E-state index contributed by atoms with van der Waals surface area (Å²) in [4.78, 5) is 0. The number of hydrogen-bond donors (Lipinski definition) is 0. The van der Waals surface area contributed by atoms with Crippen LogP contribution < -0.4 is 0 Å². The lowest BCUT2D eigenvalue weighted by atomic mass is 9.65. The average Bonchev–Trinajstić information content (AvgIpc) is 2.73. The molecule has 0 atom stereocenters. The molecule has 0 aliphatic rings. The molecule has 0 saturated carbocycles. The van der Waals surface area contributed by atoms with Gasteiger partial charge in [-0.25, -0.2) is 0 Å². The van der Waals surface area contributed by atoms with Crippen molar-refractivity contribution in [3.8, 4) is 0 Å². The van der Waals surface area contributed by atoms with Crippen LogP contribution in [0, 0.1) is 17.4 Å². The standard InChI is InChI=1S/C27H22BrI/c1-19-3-7-21(8-4-19)27(22-9-5-20(2)6-10-22,23-11-15-25(28)16-12-23)24-13-17-26(29)18-14-24/h3-18H,1-2H3. The summed E-state index contributed by atoms with van der Waals surface area (Å²) in [6, 6.07) is 35.6. The molecule has 0 aliphatic carbocycles. The minimum absolute atomic E-state index is 0.382. The molecule has 0 spiro atoms. The van der Waals surface area contributed by atoms with Crippen LogP contribution in [0.5, 0.6) is 0 Å². The molecule has 29 heavy (non-hydrogen) atoms. The summed E-state index contributed by atoms with van der Waals surface area (Å²) in [7, 11) is 0. The minimum atomic E-state index is -0.382. The zero-order valence-corrected chi connectivity index (χ0v) is 20.2. The largest absolute Gasteiger partial charge is 0.0701 e. The van der Waals surface area contributed by atoms with Gasteiger partial charge in [-0.2, -0.15) is 0 Å². The smallest absolute Gasteiger partial charge is 0.0590 e. The monoisotopic (exact) mass is 552 g/mol. The van der Waals surface area contributed by atoms with Crippen molar-refractivity contribution in [2.24, 2.45) is 0 Å². The third-order valence-corrected chi connectivity index (χ3v) is 6.77. The molecule has 0 amide bonds. The van der Waals surface area contributed by atoms with Crippen molar-refractivity contribution in [3.63, 3.8) is 0 Å². The number of aryl methyl sites for hydroxylation is 2. The van der Waals surface area contributed by atoms with Gasteiger partial charge in [0.25, 0.3) is 0 Å². The Kier molecular flexibility index (Phi) is 5.93. The van der Waals surface area contributed by atoms with E-state index in [1.807, 2.05) is 0 Å². The Bertz CT molecular complexity index is 906. The second kappa shape index (κ2) is 8.45. The number of benzene rings is 4. The third-order valence-electron chi connectivity index (χ3n) is 5.52. The predicted molar refractivity (Wildman–Crippen MR) is 135 cm³/mol. The second-order valence-electron chi connectivity index (χ2n) is 7.50. The van der Waals surface area contributed by atoms with Gasteiger partial charge in [0.15, 0.2) is 0 Å². The Morgan fingerprint density at radius 3 is 1.21 bits per heavy atom. The number of rotatable bonds is 4. The van der Waals surface area contributed by atoms with Crippen molar-refractivity contribution in [1.29, 1.82) is 0 Å². The maximum atomic E-state index is 3.61. The highest BCUT2D eigenvalue weighted by Gasteiger charge is 2.38. The molecule has 0 N–H and O–H groups in total. The Morgan fingerprint density at radius 1 is 0.517 bits per heavy atom. The van der Waals surface area contributed by atoms with Crippen LogP contribution in [0.1, 0.15) is 33.4 Å². The van der Waals surface area contributed by atoms with Crippen molar-refractivity contribution in [2.75, 3.05) is 0 Å². The topological polar surface area (TPSA) is 0 Å². The molecule has 0 aromatic heterocycles. The van der Waals surface area contributed by atoms with E-state index in [2.05, 4.69) is 149 Å². The molecule has 4 rings (SSSR count). The molecule has 0 unspecified atom stereocenters. The van der Waals surface area contributed by atoms with Gasteiger partial charge in [0, 0.05) is 8.04 Å². The van der Waals surface area contributed by atoms with Crippen LogP contribution in [-0.2, 0) is 5.41 Å². The van der Waals surface area contributed by atoms with Gasteiger partial charge in [0.05, 0.1) is 5.41 Å². The quantitative estimate of drug-likeness (QED) is 0.177. The van der Waals surface area contributed by atoms with E-state index in [1.165, 1.54) is 37.0 Å². The zero-order chi connectivity index (χ0) is 20.4. The predicted octanol–water partition coefficient (Wildman–Crippen LogP) is 8.05. The highest BCUT2D eigenvalue weighted by atomic mass is 127. The third kappa shape index (κ3) is 3.93. The number of halogens is 2. The van der Waals surface area contributed by atoms with Gasteiger partial charge >= 0.3 is 0 Å². The summed E-state index contributed by atoms with van der Waals surface area (Å²) in [6.07, 6.45) is 0. The fourth-order valence-corrected chi connectivity index (χ4v) is 4.63. The molecule has 4 aromatic rings. The van der Waals surface area contributed by atoms with Crippen molar-refractivity contribution in [1.82, 2.24) is 0 Å².